The Morgan fingerprint density at radius 1 is 1.31 bits per heavy atom. The molecule has 1 aromatic carbocycles. The van der Waals surface area contributed by atoms with Crippen LogP contribution in [-0.2, 0) is 19.4 Å². The molecule has 0 spiro atoms. The second-order valence-electron chi connectivity index (χ2n) is 13.8. The lowest BCUT2D eigenvalue weighted by Crippen LogP contribution is -2.59. The Labute approximate surface area is 287 Å². The van der Waals surface area contributed by atoms with Crippen LogP contribution in [0.2, 0.25) is 5.02 Å². The number of phosphoric ester groups is 1. The first-order valence-electron chi connectivity index (χ1n) is 15.6. The normalized spacial score (nSPS) is 19.7. The summed E-state index contributed by atoms with van der Waals surface area (Å²) in [6, 6.07) is 4.59. The molecule has 4 aromatic rings. The van der Waals surface area contributed by atoms with Gasteiger partial charge in [0.1, 0.15) is 11.7 Å². The first-order chi connectivity index (χ1) is 23.0. The lowest BCUT2D eigenvalue weighted by molar-refractivity contribution is -0.0989. The van der Waals surface area contributed by atoms with Gasteiger partial charge in [-0.3, -0.25) is 9.88 Å². The zero-order chi connectivity index (χ0) is 35.5. The van der Waals surface area contributed by atoms with Crippen molar-refractivity contribution in [3.05, 3.63) is 70.1 Å². The lowest BCUT2D eigenvalue weighted by atomic mass is 9.50. The van der Waals surface area contributed by atoms with Gasteiger partial charge in [-0.15, -0.1) is 11.5 Å². The lowest BCUT2D eigenvalue weighted by Gasteiger charge is -2.61. The van der Waals surface area contributed by atoms with Gasteiger partial charge in [-0.2, -0.15) is 4.39 Å². The zero-order valence-corrected chi connectivity index (χ0v) is 29.2. The summed E-state index contributed by atoms with van der Waals surface area (Å²) in [6.45, 7) is 8.74. The molecule has 16 heteroatoms. The van der Waals surface area contributed by atoms with E-state index in [-0.39, 0.29) is 33.4 Å². The molecular weight excluding hydrogens is 676 g/mol. The van der Waals surface area contributed by atoms with E-state index in [9.17, 15) is 23.5 Å². The molecule has 2 atom stereocenters. The Bertz CT molecular complexity index is 2020. The van der Waals surface area contributed by atoms with Crippen molar-refractivity contribution in [1.29, 1.82) is 0 Å². The molecule has 0 unspecified atom stereocenters. The highest BCUT2D eigenvalue weighted by Crippen LogP contribution is 2.62. The smallest absolute Gasteiger partial charge is 0.421 e. The number of carbonyl (C=O) groups excluding carboxylic acids is 1. The third-order valence-electron chi connectivity index (χ3n) is 9.53. The number of anilines is 2. The van der Waals surface area contributed by atoms with Gasteiger partial charge in [0, 0.05) is 28.9 Å². The Kier molecular flexibility index (Phi) is 8.96. The van der Waals surface area contributed by atoms with Crippen molar-refractivity contribution in [2.45, 2.75) is 71.5 Å². The number of phosphoric acid groups is 1. The topological polar surface area (TPSA) is 165 Å². The van der Waals surface area contributed by atoms with E-state index in [1.54, 1.807) is 23.9 Å². The van der Waals surface area contributed by atoms with Gasteiger partial charge in [-0.1, -0.05) is 49.6 Å². The average molecular weight is 712 g/mol. The van der Waals surface area contributed by atoms with Crippen molar-refractivity contribution in [1.82, 2.24) is 25.0 Å². The maximum absolute atomic E-state index is 14.3. The van der Waals surface area contributed by atoms with Crippen LogP contribution in [0.25, 0.3) is 10.9 Å². The number of carbonyl (C=O) groups is 1. The molecule has 2 bridgehead atoms. The molecule has 3 aliphatic rings. The van der Waals surface area contributed by atoms with E-state index >= 15 is 0 Å². The molecule has 13 nitrogen and oxygen atoms in total. The largest absolute Gasteiger partial charge is 0.472 e. The maximum Gasteiger partial charge on any atom is 0.472 e. The molecule has 258 valence electrons. The third-order valence-corrected chi connectivity index (χ3v) is 10.3. The van der Waals surface area contributed by atoms with Gasteiger partial charge in [-0.05, 0) is 62.6 Å². The summed E-state index contributed by atoms with van der Waals surface area (Å²) in [4.78, 5) is 42.4. The van der Waals surface area contributed by atoms with E-state index in [2.05, 4.69) is 56.8 Å². The van der Waals surface area contributed by atoms with E-state index in [0.717, 1.165) is 25.3 Å². The molecule has 0 saturated heterocycles. The second kappa shape index (κ2) is 12.6. The number of ether oxygens (including phenoxy) is 1. The molecule has 3 heterocycles. The summed E-state index contributed by atoms with van der Waals surface area (Å²) < 4.78 is 37.3. The molecule has 49 heavy (non-hydrogen) atoms. The minimum Gasteiger partial charge on any atom is -0.421 e. The molecule has 7 rings (SSSR count). The standard InChI is InChI=1S/C33H36ClFN7O6P/c1-7-21-15-36-29-24(28(21)38-19(3)32(4,5)6)10-22(11-25(29)34)42(31(43)47-17-48-49(44,45)46)30(23-8-9-27(35)37-18(23)2)26-16-41(40-39-26)33-12-20(13-33)14-33/h1,8-11,15-16,19-20,30H,12-14,17H2,2-6H3,(H,36,38)(H2,44,45,46)/t19-,20?,30+,33?/m1/s1. The van der Waals surface area contributed by atoms with Crippen LogP contribution < -0.4 is 10.2 Å². The van der Waals surface area contributed by atoms with Crippen LogP contribution in [0, 0.1) is 36.5 Å². The SMILES string of the molecule is C#Cc1cnc2c(Cl)cc(N(C(=O)OCOP(=O)(O)O)[C@H](c3cn(C45CC(C4)C5)nn3)c3ccc(F)nc3C)cc2c1N[C@H](C)C(C)(C)C. The minimum absolute atomic E-state index is 0.0776. The molecule has 3 saturated carbocycles. The van der Waals surface area contributed by atoms with E-state index in [0.29, 0.717) is 39.3 Å². The fraction of sp³-hybridized carbons (Fsp3) is 0.424. The summed E-state index contributed by atoms with van der Waals surface area (Å²) in [7, 11) is -5.00. The highest BCUT2D eigenvalue weighted by atomic mass is 35.5. The summed E-state index contributed by atoms with van der Waals surface area (Å²) in [5.41, 5.74) is 2.20. The molecule has 3 N–H and O–H groups in total. The fourth-order valence-corrected chi connectivity index (χ4v) is 6.72. The van der Waals surface area contributed by atoms with Gasteiger partial charge in [-0.25, -0.2) is 23.5 Å². The molecule has 3 fully saturated rings. The summed E-state index contributed by atoms with van der Waals surface area (Å²) in [6.07, 6.45) is 11.0. The number of halogens is 2. The van der Waals surface area contributed by atoms with Crippen molar-refractivity contribution in [3.8, 4) is 12.3 Å². The monoisotopic (exact) mass is 711 g/mol. The number of amides is 1. The van der Waals surface area contributed by atoms with Crippen LogP contribution in [0.3, 0.4) is 0 Å². The van der Waals surface area contributed by atoms with Crippen molar-refractivity contribution >= 4 is 47.8 Å². The molecule has 0 radical (unpaired) electrons. The molecule has 1 amide bonds. The van der Waals surface area contributed by atoms with E-state index < -0.39 is 32.7 Å². The second-order valence-corrected chi connectivity index (χ2v) is 15.4. The van der Waals surface area contributed by atoms with E-state index in [1.165, 1.54) is 23.2 Å². The molecule has 0 aliphatic heterocycles. The number of benzene rings is 1. The quantitative estimate of drug-likeness (QED) is 0.0716. The Morgan fingerprint density at radius 2 is 2.02 bits per heavy atom. The number of hydrogen-bond acceptors (Lipinski definition) is 9. The van der Waals surface area contributed by atoms with Crippen molar-refractivity contribution in [2.75, 3.05) is 17.0 Å². The summed E-state index contributed by atoms with van der Waals surface area (Å²) in [5.74, 6) is 2.59. The van der Waals surface area contributed by atoms with Gasteiger partial charge in [0.2, 0.25) is 12.7 Å². The number of pyridine rings is 2. The van der Waals surface area contributed by atoms with E-state index in [1.807, 2.05) is 6.92 Å². The Hall–Kier alpha value is -4.12. The first kappa shape index (κ1) is 34.7. The van der Waals surface area contributed by atoms with Crippen LogP contribution >= 0.6 is 19.4 Å². The number of rotatable bonds is 10. The molecular formula is C33H36ClFN7O6P. The van der Waals surface area contributed by atoms with Gasteiger partial charge >= 0.3 is 13.9 Å². The minimum atomic E-state index is -5.00. The predicted molar refractivity (Wildman–Crippen MR) is 180 cm³/mol. The number of nitrogens with one attached hydrogen (secondary N) is 1. The van der Waals surface area contributed by atoms with Crippen LogP contribution in [0.1, 0.15) is 75.5 Å². The van der Waals surface area contributed by atoms with Crippen LogP contribution in [0.5, 0.6) is 0 Å². The van der Waals surface area contributed by atoms with Crippen LogP contribution in [0.15, 0.2) is 36.7 Å². The number of aromatic nitrogens is 5. The van der Waals surface area contributed by atoms with Crippen molar-refractivity contribution in [2.24, 2.45) is 11.3 Å². The first-order valence-corrected chi connectivity index (χ1v) is 17.5. The fourth-order valence-electron chi connectivity index (χ4n) is 6.27. The number of terminal acetylenes is 1. The number of nitrogens with zero attached hydrogens (tertiary/aromatic N) is 6. The van der Waals surface area contributed by atoms with Crippen LogP contribution in [-0.4, -0.2) is 53.7 Å². The Morgan fingerprint density at radius 3 is 2.61 bits per heavy atom. The van der Waals surface area contributed by atoms with Gasteiger partial charge < -0.3 is 19.8 Å². The van der Waals surface area contributed by atoms with Gasteiger partial charge in [0.05, 0.1) is 39.2 Å². The Balaban J connectivity index is 1.56. The zero-order valence-electron chi connectivity index (χ0n) is 27.5. The van der Waals surface area contributed by atoms with Crippen LogP contribution in [0.4, 0.5) is 20.6 Å². The van der Waals surface area contributed by atoms with Crippen molar-refractivity contribution in [3.63, 3.8) is 0 Å². The highest BCUT2D eigenvalue weighted by molar-refractivity contribution is 7.46. The summed E-state index contributed by atoms with van der Waals surface area (Å²) >= 11 is 6.87. The molecule has 3 aromatic heterocycles. The molecule has 3 aliphatic carbocycles. The van der Waals surface area contributed by atoms with Gasteiger partial charge in [0.25, 0.3) is 0 Å². The van der Waals surface area contributed by atoms with E-state index in [4.69, 9.17) is 22.8 Å². The van der Waals surface area contributed by atoms with Gasteiger partial charge in [0.15, 0.2) is 0 Å². The number of hydrogen-bond donors (Lipinski definition) is 3. The maximum atomic E-state index is 14.3. The third kappa shape index (κ3) is 6.74. The highest BCUT2D eigenvalue weighted by Gasteiger charge is 2.59. The number of aryl methyl sites for hydroxylation is 1. The summed E-state index contributed by atoms with van der Waals surface area (Å²) in [5, 5.41) is 13.1. The van der Waals surface area contributed by atoms with Crippen molar-refractivity contribution < 1.29 is 32.8 Å². The average Bonchev–Trinajstić information content (AvgIpc) is 3.42. The predicted octanol–water partition coefficient (Wildman–Crippen LogP) is 6.46. The number of fused-ring (bicyclic) bond motifs is 1.